The van der Waals surface area contributed by atoms with Crippen LogP contribution in [0.3, 0.4) is 0 Å². The van der Waals surface area contributed by atoms with Gasteiger partial charge in [-0.15, -0.1) is 0 Å². The lowest BCUT2D eigenvalue weighted by Gasteiger charge is -1.97. The Morgan fingerprint density at radius 1 is 1.40 bits per heavy atom. The van der Waals surface area contributed by atoms with Crippen molar-refractivity contribution in [3.63, 3.8) is 0 Å². The van der Waals surface area contributed by atoms with Crippen LogP contribution in [0.4, 0.5) is 0 Å². The number of H-pyrrole nitrogens is 1. The van der Waals surface area contributed by atoms with Crippen LogP contribution < -0.4 is 11.2 Å². The first-order valence-corrected chi connectivity index (χ1v) is 5.51. The van der Waals surface area contributed by atoms with Gasteiger partial charge in [0.15, 0.2) is 0 Å². The minimum absolute atomic E-state index is 0.0122. The summed E-state index contributed by atoms with van der Waals surface area (Å²) < 4.78 is 15.8. The molecule has 2 heterocycles. The van der Waals surface area contributed by atoms with E-state index < -0.39 is 22.0 Å². The molecule has 1 unspecified atom stereocenters. The molecule has 0 aliphatic heterocycles. The summed E-state index contributed by atoms with van der Waals surface area (Å²) in [5.41, 5.74) is -1.18. The number of nitrogens with one attached hydrogen (secondary N) is 1. The normalized spacial score (nSPS) is 12.9. The number of aromatic nitrogens is 2. The first-order valence-electron chi connectivity index (χ1n) is 3.95. The highest BCUT2D eigenvalue weighted by Gasteiger charge is 2.08. The van der Waals surface area contributed by atoms with Crippen molar-refractivity contribution in [1.29, 1.82) is 0 Å². The largest absolute Gasteiger partial charge is 0.403 e. The molecule has 2 aromatic heterocycles. The van der Waals surface area contributed by atoms with Crippen LogP contribution in [0.5, 0.6) is 0 Å². The highest BCUT2D eigenvalue weighted by atomic mass is 32.2. The maximum Gasteiger partial charge on any atom is 0.337 e. The van der Waals surface area contributed by atoms with E-state index in [9.17, 15) is 13.8 Å². The highest BCUT2D eigenvalue weighted by molar-refractivity contribution is 7.84. The molecule has 0 bridgehead atoms. The molecule has 15 heavy (non-hydrogen) atoms. The van der Waals surface area contributed by atoms with Crippen molar-refractivity contribution in [1.82, 2.24) is 9.97 Å². The molecule has 1 atom stereocenters. The molecule has 0 aromatic carbocycles. The number of hydrogen-bond donors (Lipinski definition) is 1. The summed E-state index contributed by atoms with van der Waals surface area (Å²) in [6.07, 6.45) is 1.37. The fourth-order valence-corrected chi connectivity index (χ4v) is 1.53. The van der Waals surface area contributed by atoms with Crippen LogP contribution in [-0.4, -0.2) is 20.4 Å². The van der Waals surface area contributed by atoms with Gasteiger partial charge in [-0.05, 0) is 6.07 Å². The zero-order chi connectivity index (χ0) is 11.0. The molecule has 78 valence electrons. The van der Waals surface area contributed by atoms with Gasteiger partial charge in [0.2, 0.25) is 10.9 Å². The summed E-state index contributed by atoms with van der Waals surface area (Å²) in [5.74, 6) is 0. The third kappa shape index (κ3) is 1.73. The molecule has 0 saturated heterocycles. The quantitative estimate of drug-likeness (QED) is 0.668. The van der Waals surface area contributed by atoms with Crippen molar-refractivity contribution in [2.75, 3.05) is 6.26 Å². The molecule has 1 N–H and O–H groups in total. The zero-order valence-corrected chi connectivity index (χ0v) is 8.46. The maximum absolute atomic E-state index is 11.4. The first kappa shape index (κ1) is 9.78. The number of hydrogen-bond acceptors (Lipinski definition) is 5. The molecule has 2 rings (SSSR count). The Hall–Kier alpha value is -1.76. The van der Waals surface area contributed by atoms with Crippen molar-refractivity contribution in [2.45, 2.75) is 5.16 Å². The van der Waals surface area contributed by atoms with Gasteiger partial charge < -0.3 is 4.42 Å². The number of fused-ring (bicyclic) bond motifs is 1. The Bertz CT molecular complexity index is 657. The van der Waals surface area contributed by atoms with Gasteiger partial charge in [0.05, 0.1) is 10.8 Å². The fourth-order valence-electron chi connectivity index (χ4n) is 1.08. The van der Waals surface area contributed by atoms with Crippen LogP contribution in [0.15, 0.2) is 31.3 Å². The van der Waals surface area contributed by atoms with E-state index >= 15 is 0 Å². The Balaban J connectivity index is 2.91. The second-order valence-electron chi connectivity index (χ2n) is 2.80. The first-order chi connectivity index (χ1) is 7.08. The Labute approximate surface area is 85.4 Å². The smallest absolute Gasteiger partial charge is 0.337 e. The van der Waals surface area contributed by atoms with Crippen LogP contribution in [0, 0.1) is 0 Å². The van der Waals surface area contributed by atoms with Gasteiger partial charge in [-0.2, -0.15) is 4.98 Å². The number of aromatic amines is 1. The van der Waals surface area contributed by atoms with E-state index in [2.05, 4.69) is 9.97 Å². The molecular formula is C8H6N2O4S. The molecule has 0 fully saturated rings. The lowest BCUT2D eigenvalue weighted by atomic mass is 10.4. The molecule has 0 amide bonds. The topological polar surface area (TPSA) is 93.0 Å². The summed E-state index contributed by atoms with van der Waals surface area (Å²) in [6.45, 7) is 0. The summed E-state index contributed by atoms with van der Waals surface area (Å²) in [4.78, 5) is 28.4. The van der Waals surface area contributed by atoms with E-state index in [1.54, 1.807) is 0 Å². The van der Waals surface area contributed by atoms with Crippen LogP contribution in [0.1, 0.15) is 0 Å². The summed E-state index contributed by atoms with van der Waals surface area (Å²) in [5, 5.41) is 0.144. The summed E-state index contributed by atoms with van der Waals surface area (Å²) >= 11 is 0. The molecule has 0 saturated carbocycles. The lowest BCUT2D eigenvalue weighted by Crippen LogP contribution is -2.13. The van der Waals surface area contributed by atoms with Gasteiger partial charge in [0.1, 0.15) is 5.39 Å². The third-order valence-electron chi connectivity index (χ3n) is 1.75. The molecule has 0 aliphatic carbocycles. The fraction of sp³-hybridized carbons (Fsp3) is 0.125. The highest BCUT2D eigenvalue weighted by Crippen LogP contribution is 2.04. The molecule has 7 heteroatoms. The molecule has 0 aliphatic rings. The van der Waals surface area contributed by atoms with E-state index in [1.165, 1.54) is 12.3 Å². The molecule has 0 radical (unpaired) electrons. The lowest BCUT2D eigenvalue weighted by molar-refractivity contribution is 0.542. The zero-order valence-electron chi connectivity index (χ0n) is 7.64. The molecule has 0 spiro atoms. The van der Waals surface area contributed by atoms with Crippen molar-refractivity contribution in [2.24, 2.45) is 0 Å². The average molecular weight is 226 g/mol. The van der Waals surface area contributed by atoms with Gasteiger partial charge in [0, 0.05) is 12.3 Å². The summed E-state index contributed by atoms with van der Waals surface area (Å²) in [7, 11) is -1.43. The predicted octanol–water partition coefficient (Wildman–Crippen LogP) is -0.386. The van der Waals surface area contributed by atoms with Crippen molar-refractivity contribution in [3.8, 4) is 0 Å². The second kappa shape index (κ2) is 3.43. The van der Waals surface area contributed by atoms with Gasteiger partial charge in [-0.1, -0.05) is 0 Å². The predicted molar refractivity (Wildman–Crippen MR) is 53.2 cm³/mol. The monoisotopic (exact) mass is 226 g/mol. The van der Waals surface area contributed by atoms with Gasteiger partial charge in [-0.3, -0.25) is 14.0 Å². The van der Waals surface area contributed by atoms with Gasteiger partial charge in [-0.25, -0.2) is 4.79 Å². The Morgan fingerprint density at radius 3 is 2.80 bits per heavy atom. The van der Waals surface area contributed by atoms with E-state index in [4.69, 9.17) is 4.42 Å². The SMILES string of the molecule is CS(=O)c1nc2oc(=O)ccc2c(=O)[nH]1. The van der Waals surface area contributed by atoms with E-state index in [-0.39, 0.29) is 16.3 Å². The van der Waals surface area contributed by atoms with Gasteiger partial charge in [0.25, 0.3) is 5.56 Å². The van der Waals surface area contributed by atoms with Crippen molar-refractivity contribution >= 4 is 21.9 Å². The van der Waals surface area contributed by atoms with Crippen LogP contribution >= 0.6 is 0 Å². The standard InChI is InChI=1S/C8H6N2O4S/c1-15(13)8-9-6(12)4-2-3-5(11)14-7(4)10-8/h2-3H,1H3,(H,9,10,12). The minimum Gasteiger partial charge on any atom is -0.403 e. The Kier molecular flexibility index (Phi) is 2.24. The van der Waals surface area contributed by atoms with Crippen molar-refractivity contribution in [3.05, 3.63) is 32.9 Å². The maximum atomic E-state index is 11.4. The van der Waals surface area contributed by atoms with Crippen LogP contribution in [0.2, 0.25) is 0 Å². The van der Waals surface area contributed by atoms with E-state index in [1.807, 2.05) is 0 Å². The third-order valence-corrected chi connectivity index (χ3v) is 2.49. The van der Waals surface area contributed by atoms with Crippen molar-refractivity contribution < 1.29 is 8.63 Å². The minimum atomic E-state index is -1.43. The van der Waals surface area contributed by atoms with E-state index in [0.717, 1.165) is 6.07 Å². The molecular weight excluding hydrogens is 220 g/mol. The number of nitrogens with zero attached hydrogens (tertiary/aromatic N) is 1. The van der Waals surface area contributed by atoms with E-state index in [0.29, 0.717) is 0 Å². The molecule has 6 nitrogen and oxygen atoms in total. The van der Waals surface area contributed by atoms with Gasteiger partial charge >= 0.3 is 5.63 Å². The average Bonchev–Trinajstić information content (AvgIpc) is 2.16. The summed E-state index contributed by atoms with van der Waals surface area (Å²) in [6, 6.07) is 2.44. The molecule has 2 aromatic rings. The second-order valence-corrected chi connectivity index (χ2v) is 4.09. The Morgan fingerprint density at radius 2 is 2.13 bits per heavy atom. The van der Waals surface area contributed by atoms with Crippen LogP contribution in [-0.2, 0) is 10.8 Å². The number of rotatable bonds is 1. The van der Waals surface area contributed by atoms with Crippen LogP contribution in [0.25, 0.3) is 11.1 Å².